The molecule has 0 saturated carbocycles. The summed E-state index contributed by atoms with van der Waals surface area (Å²) in [4.78, 5) is 15.2. The van der Waals surface area contributed by atoms with Crippen molar-refractivity contribution in [3.05, 3.63) is 42.2 Å². The normalized spacial score (nSPS) is 21.1. The molecule has 1 aromatic carbocycles. The molecule has 28 heavy (non-hydrogen) atoms. The lowest BCUT2D eigenvalue weighted by Gasteiger charge is -2.33. The highest BCUT2D eigenvalue weighted by atomic mass is 16.5. The summed E-state index contributed by atoms with van der Waals surface area (Å²) in [6.45, 7) is 6.91. The van der Waals surface area contributed by atoms with E-state index in [2.05, 4.69) is 22.2 Å². The predicted molar refractivity (Wildman–Crippen MR) is 109 cm³/mol. The number of nitrogens with zero attached hydrogens (tertiary/aromatic N) is 3. The van der Waals surface area contributed by atoms with E-state index in [-0.39, 0.29) is 11.9 Å². The lowest BCUT2D eigenvalue weighted by atomic mass is 10.0. The van der Waals surface area contributed by atoms with Gasteiger partial charge in [-0.25, -0.2) is 0 Å². The van der Waals surface area contributed by atoms with Gasteiger partial charge in [-0.05, 0) is 50.3 Å². The molecule has 0 aliphatic carbocycles. The minimum Gasteiger partial charge on any atom is -0.377 e. The molecule has 6 nitrogen and oxygen atoms in total. The molecule has 1 amide bonds. The van der Waals surface area contributed by atoms with E-state index < -0.39 is 0 Å². The van der Waals surface area contributed by atoms with E-state index in [4.69, 9.17) is 4.74 Å². The second-order valence-corrected chi connectivity index (χ2v) is 7.85. The van der Waals surface area contributed by atoms with Gasteiger partial charge in [-0.2, -0.15) is 5.10 Å². The van der Waals surface area contributed by atoms with E-state index in [9.17, 15) is 4.79 Å². The Hall–Kier alpha value is -2.18. The lowest BCUT2D eigenvalue weighted by Crippen LogP contribution is -2.46. The molecule has 1 atom stereocenters. The Labute approximate surface area is 166 Å². The highest BCUT2D eigenvalue weighted by molar-refractivity contribution is 5.95. The molecule has 0 unspecified atom stereocenters. The molecule has 1 aromatic heterocycles. The monoisotopic (exact) mass is 382 g/mol. The number of aryl methyl sites for hydroxylation is 1. The predicted octanol–water partition coefficient (Wildman–Crippen LogP) is 2.94. The Morgan fingerprint density at radius 1 is 1.25 bits per heavy atom. The first-order valence-corrected chi connectivity index (χ1v) is 10.5. The summed E-state index contributed by atoms with van der Waals surface area (Å²) in [7, 11) is 0. The van der Waals surface area contributed by atoms with Crippen LogP contribution in [0.5, 0.6) is 0 Å². The van der Waals surface area contributed by atoms with Crippen LogP contribution in [0.25, 0.3) is 11.1 Å². The first-order valence-electron chi connectivity index (χ1n) is 10.5. The van der Waals surface area contributed by atoms with Crippen molar-refractivity contribution in [2.24, 2.45) is 0 Å². The standard InChI is InChI=1S/C22H30N4O2/c1-2-26-15-19(14-23-26)17-5-3-6-18(13-17)22(27)24-20-8-10-25(11-9-20)16-21-7-4-12-28-21/h3,5-6,13-15,20-21H,2,4,7-12,16H2,1H3,(H,24,27)/t21-/m1/s1. The first kappa shape index (κ1) is 19.2. The summed E-state index contributed by atoms with van der Waals surface area (Å²) in [6, 6.07) is 8.06. The van der Waals surface area contributed by atoms with Crippen LogP contribution in [0.2, 0.25) is 0 Å². The third kappa shape index (κ3) is 4.62. The van der Waals surface area contributed by atoms with Crippen molar-refractivity contribution in [2.75, 3.05) is 26.2 Å². The SMILES string of the molecule is CCn1cc(-c2cccc(C(=O)NC3CCN(C[C@H]4CCCO4)CC3)c2)cn1. The van der Waals surface area contributed by atoms with E-state index >= 15 is 0 Å². The van der Waals surface area contributed by atoms with Crippen molar-refractivity contribution in [1.29, 1.82) is 0 Å². The number of rotatable bonds is 6. The Bertz CT molecular complexity index is 789. The fourth-order valence-corrected chi connectivity index (χ4v) is 4.13. The van der Waals surface area contributed by atoms with Gasteiger partial charge in [0.25, 0.3) is 5.91 Å². The van der Waals surface area contributed by atoms with Crippen LogP contribution < -0.4 is 5.32 Å². The number of hydrogen-bond acceptors (Lipinski definition) is 4. The number of aromatic nitrogens is 2. The molecular formula is C22H30N4O2. The zero-order chi connectivity index (χ0) is 19.3. The van der Waals surface area contributed by atoms with Crippen LogP contribution in [-0.2, 0) is 11.3 Å². The average molecular weight is 383 g/mol. The average Bonchev–Trinajstić information content (AvgIpc) is 3.41. The van der Waals surface area contributed by atoms with Crippen molar-refractivity contribution >= 4 is 5.91 Å². The van der Waals surface area contributed by atoms with E-state index in [1.807, 2.05) is 41.3 Å². The highest BCUT2D eigenvalue weighted by Crippen LogP contribution is 2.21. The number of carbonyl (C=O) groups excluding carboxylic acids is 1. The summed E-state index contributed by atoms with van der Waals surface area (Å²) in [5.74, 6) is 0.0160. The van der Waals surface area contributed by atoms with Crippen molar-refractivity contribution < 1.29 is 9.53 Å². The van der Waals surface area contributed by atoms with E-state index in [0.717, 1.165) is 56.8 Å². The van der Waals surface area contributed by atoms with Crippen LogP contribution in [0.15, 0.2) is 36.7 Å². The summed E-state index contributed by atoms with van der Waals surface area (Å²) in [6.07, 6.45) is 8.65. The number of benzene rings is 1. The van der Waals surface area contributed by atoms with Crippen molar-refractivity contribution in [2.45, 2.75) is 51.3 Å². The van der Waals surface area contributed by atoms with Crippen molar-refractivity contribution in [1.82, 2.24) is 20.0 Å². The van der Waals surface area contributed by atoms with Gasteiger partial charge in [0.1, 0.15) is 0 Å². The molecular weight excluding hydrogens is 352 g/mol. The van der Waals surface area contributed by atoms with Gasteiger partial charge in [0, 0.05) is 56.2 Å². The number of nitrogens with one attached hydrogen (secondary N) is 1. The number of likely N-dealkylation sites (tertiary alicyclic amines) is 1. The number of hydrogen-bond donors (Lipinski definition) is 1. The molecule has 3 heterocycles. The van der Waals surface area contributed by atoms with Crippen LogP contribution in [0.4, 0.5) is 0 Å². The third-order valence-corrected chi connectivity index (χ3v) is 5.82. The van der Waals surface area contributed by atoms with Crippen LogP contribution in [0, 0.1) is 0 Å². The highest BCUT2D eigenvalue weighted by Gasteiger charge is 2.25. The second kappa shape index (κ2) is 8.88. The van der Waals surface area contributed by atoms with E-state index in [0.29, 0.717) is 11.7 Å². The molecule has 4 rings (SSSR count). The van der Waals surface area contributed by atoms with Crippen molar-refractivity contribution in [3.8, 4) is 11.1 Å². The summed E-state index contributed by atoms with van der Waals surface area (Å²) >= 11 is 0. The summed E-state index contributed by atoms with van der Waals surface area (Å²) < 4.78 is 7.64. The van der Waals surface area contributed by atoms with Crippen LogP contribution >= 0.6 is 0 Å². The zero-order valence-electron chi connectivity index (χ0n) is 16.6. The maximum Gasteiger partial charge on any atom is 0.251 e. The van der Waals surface area contributed by atoms with Crippen LogP contribution in [0.1, 0.15) is 43.0 Å². The minimum absolute atomic E-state index is 0.0160. The molecule has 1 N–H and O–H groups in total. The molecule has 0 spiro atoms. The Kier molecular flexibility index (Phi) is 6.07. The van der Waals surface area contributed by atoms with Gasteiger partial charge < -0.3 is 15.0 Å². The first-order chi connectivity index (χ1) is 13.7. The molecule has 150 valence electrons. The van der Waals surface area contributed by atoms with Crippen LogP contribution in [-0.4, -0.2) is 59.0 Å². The largest absolute Gasteiger partial charge is 0.377 e. The van der Waals surface area contributed by atoms with E-state index in [1.54, 1.807) is 0 Å². The number of piperidine rings is 1. The quantitative estimate of drug-likeness (QED) is 0.835. The van der Waals surface area contributed by atoms with E-state index in [1.165, 1.54) is 12.8 Å². The molecule has 6 heteroatoms. The molecule has 2 fully saturated rings. The maximum absolute atomic E-state index is 12.8. The lowest BCUT2D eigenvalue weighted by molar-refractivity contribution is 0.0613. The summed E-state index contributed by atoms with van der Waals surface area (Å²) in [5.41, 5.74) is 2.78. The van der Waals surface area contributed by atoms with Gasteiger partial charge in [-0.15, -0.1) is 0 Å². The van der Waals surface area contributed by atoms with Gasteiger partial charge >= 0.3 is 0 Å². The van der Waals surface area contributed by atoms with Gasteiger partial charge in [0.2, 0.25) is 0 Å². The minimum atomic E-state index is 0.0160. The molecule has 2 saturated heterocycles. The fourth-order valence-electron chi connectivity index (χ4n) is 4.13. The summed E-state index contributed by atoms with van der Waals surface area (Å²) in [5, 5.41) is 7.55. The van der Waals surface area contributed by atoms with Gasteiger partial charge in [-0.3, -0.25) is 9.48 Å². The molecule has 2 aromatic rings. The number of amides is 1. The Balaban J connectivity index is 1.31. The maximum atomic E-state index is 12.8. The molecule has 2 aliphatic heterocycles. The Morgan fingerprint density at radius 2 is 2.11 bits per heavy atom. The smallest absolute Gasteiger partial charge is 0.251 e. The topological polar surface area (TPSA) is 59.4 Å². The number of ether oxygens (including phenoxy) is 1. The third-order valence-electron chi connectivity index (χ3n) is 5.82. The second-order valence-electron chi connectivity index (χ2n) is 7.85. The molecule has 2 aliphatic rings. The molecule has 0 bridgehead atoms. The van der Waals surface area contributed by atoms with Gasteiger partial charge in [0.15, 0.2) is 0 Å². The zero-order valence-corrected chi connectivity index (χ0v) is 16.6. The van der Waals surface area contributed by atoms with Crippen LogP contribution in [0.3, 0.4) is 0 Å². The van der Waals surface area contributed by atoms with Gasteiger partial charge in [-0.1, -0.05) is 12.1 Å². The molecule has 0 radical (unpaired) electrons. The fraction of sp³-hybridized carbons (Fsp3) is 0.545. The number of carbonyl (C=O) groups is 1. The Morgan fingerprint density at radius 3 is 2.82 bits per heavy atom. The van der Waals surface area contributed by atoms with Crippen molar-refractivity contribution in [3.63, 3.8) is 0 Å². The van der Waals surface area contributed by atoms with Gasteiger partial charge in [0.05, 0.1) is 12.3 Å².